The zero-order valence-corrected chi connectivity index (χ0v) is 18.4. The minimum Gasteiger partial charge on any atom is -0.481 e. The Kier molecular flexibility index (Phi) is 14.1. The molecule has 16 heteroatoms. The Bertz CT molecular complexity index is 650. The number of hydrogen-bond acceptors (Lipinski definition) is 10. The standard InChI is InChI=1S/C16H26N4O10S2/c17-7(1-3-11(21)22)13(25)19-9(15(27)28)5-31-32-6-10(16(29)30)20-14(26)8(18)2-4-12(23)24/h7-10H,1-6,17-18H2,(H,19,25)(H,20,26)(H,21,22)(H,23,24)(H,27,28)(H,29,30). The van der Waals surface area contributed by atoms with Crippen LogP contribution >= 0.6 is 21.6 Å². The van der Waals surface area contributed by atoms with Gasteiger partial charge < -0.3 is 42.5 Å². The van der Waals surface area contributed by atoms with E-state index in [4.69, 9.17) is 21.7 Å². The molecule has 0 spiro atoms. The summed E-state index contributed by atoms with van der Waals surface area (Å²) in [7, 11) is 1.84. The Balaban J connectivity index is 4.58. The van der Waals surface area contributed by atoms with Crippen LogP contribution < -0.4 is 22.1 Å². The van der Waals surface area contributed by atoms with E-state index in [-0.39, 0.29) is 37.2 Å². The third-order valence-corrected chi connectivity index (χ3v) is 6.22. The average Bonchev–Trinajstić information content (AvgIpc) is 2.70. The molecule has 0 rings (SSSR count). The largest absolute Gasteiger partial charge is 0.481 e. The maximum atomic E-state index is 11.9. The fourth-order valence-corrected chi connectivity index (χ4v) is 4.27. The van der Waals surface area contributed by atoms with E-state index < -0.39 is 59.9 Å². The van der Waals surface area contributed by atoms with Gasteiger partial charge in [-0.1, -0.05) is 21.6 Å². The lowest BCUT2D eigenvalue weighted by atomic mass is 10.1. The lowest BCUT2D eigenvalue weighted by Gasteiger charge is -2.19. The van der Waals surface area contributed by atoms with Crippen molar-refractivity contribution in [3.8, 4) is 0 Å². The fraction of sp³-hybridized carbons (Fsp3) is 0.625. The number of nitrogens with two attached hydrogens (primary N) is 2. The minimum absolute atomic E-state index is 0.171. The molecule has 182 valence electrons. The lowest BCUT2D eigenvalue weighted by Crippen LogP contribution is -2.50. The second-order valence-electron chi connectivity index (χ2n) is 6.45. The summed E-state index contributed by atoms with van der Waals surface area (Å²) in [5, 5.41) is 40.0. The predicted octanol–water partition coefficient (Wildman–Crippen LogP) is -2.11. The van der Waals surface area contributed by atoms with Crippen LogP contribution in [0.2, 0.25) is 0 Å². The second-order valence-corrected chi connectivity index (χ2v) is 9.00. The number of nitrogens with one attached hydrogen (secondary N) is 2. The highest BCUT2D eigenvalue weighted by Crippen LogP contribution is 2.23. The van der Waals surface area contributed by atoms with Gasteiger partial charge >= 0.3 is 23.9 Å². The van der Waals surface area contributed by atoms with Crippen molar-refractivity contribution in [3.63, 3.8) is 0 Å². The number of carboxylic acids is 4. The van der Waals surface area contributed by atoms with Crippen molar-refractivity contribution < 1.29 is 49.2 Å². The molecule has 0 aliphatic heterocycles. The van der Waals surface area contributed by atoms with Crippen molar-refractivity contribution in [2.24, 2.45) is 11.5 Å². The maximum absolute atomic E-state index is 11.9. The molecule has 0 aromatic rings. The molecule has 0 heterocycles. The third kappa shape index (κ3) is 13.0. The van der Waals surface area contributed by atoms with Crippen LogP contribution in [0.25, 0.3) is 0 Å². The zero-order valence-electron chi connectivity index (χ0n) is 16.8. The quantitative estimate of drug-likeness (QED) is 0.0788. The van der Waals surface area contributed by atoms with E-state index in [9.17, 15) is 39.0 Å². The third-order valence-electron chi connectivity index (χ3n) is 3.79. The van der Waals surface area contributed by atoms with Gasteiger partial charge in [0.15, 0.2) is 0 Å². The van der Waals surface area contributed by atoms with E-state index in [1.807, 2.05) is 0 Å². The van der Waals surface area contributed by atoms with Crippen molar-refractivity contribution in [3.05, 3.63) is 0 Å². The van der Waals surface area contributed by atoms with Crippen LogP contribution in [0.15, 0.2) is 0 Å². The first-order valence-corrected chi connectivity index (χ1v) is 11.6. The van der Waals surface area contributed by atoms with Gasteiger partial charge in [0.1, 0.15) is 12.1 Å². The monoisotopic (exact) mass is 498 g/mol. The average molecular weight is 499 g/mol. The van der Waals surface area contributed by atoms with Gasteiger partial charge in [-0.2, -0.15) is 0 Å². The summed E-state index contributed by atoms with van der Waals surface area (Å²) in [6, 6.07) is -5.14. The molecular formula is C16H26N4O10S2. The van der Waals surface area contributed by atoms with Crippen molar-refractivity contribution >= 4 is 57.3 Å². The molecular weight excluding hydrogens is 472 g/mol. The predicted molar refractivity (Wildman–Crippen MR) is 114 cm³/mol. The first-order valence-electron chi connectivity index (χ1n) is 9.10. The Morgan fingerprint density at radius 1 is 0.656 bits per heavy atom. The number of hydrogen-bond donors (Lipinski definition) is 8. The first-order chi connectivity index (χ1) is 14.8. The number of aliphatic carboxylic acids is 4. The summed E-state index contributed by atoms with van der Waals surface area (Å²) in [6.45, 7) is 0. The number of amides is 2. The van der Waals surface area contributed by atoms with Crippen molar-refractivity contribution in [2.45, 2.75) is 49.9 Å². The zero-order chi connectivity index (χ0) is 24.8. The van der Waals surface area contributed by atoms with E-state index in [0.717, 1.165) is 21.6 Å². The lowest BCUT2D eigenvalue weighted by molar-refractivity contribution is -0.141. The van der Waals surface area contributed by atoms with Gasteiger partial charge in [-0.15, -0.1) is 0 Å². The molecule has 32 heavy (non-hydrogen) atoms. The van der Waals surface area contributed by atoms with Crippen LogP contribution in [0.3, 0.4) is 0 Å². The summed E-state index contributed by atoms with van der Waals surface area (Å²) < 4.78 is 0. The summed E-state index contributed by atoms with van der Waals surface area (Å²) in [5.74, 6) is -7.07. The highest BCUT2D eigenvalue weighted by molar-refractivity contribution is 8.76. The smallest absolute Gasteiger partial charge is 0.327 e. The maximum Gasteiger partial charge on any atom is 0.327 e. The van der Waals surface area contributed by atoms with E-state index >= 15 is 0 Å². The Labute approximate surface area is 190 Å². The molecule has 2 amide bonds. The highest BCUT2D eigenvalue weighted by atomic mass is 33.1. The Morgan fingerprint density at radius 2 is 0.969 bits per heavy atom. The minimum atomic E-state index is -1.37. The van der Waals surface area contributed by atoms with Crippen LogP contribution in [0.5, 0.6) is 0 Å². The van der Waals surface area contributed by atoms with Gasteiger partial charge in [-0.25, -0.2) is 9.59 Å². The molecule has 14 nitrogen and oxygen atoms in total. The molecule has 0 bridgehead atoms. The summed E-state index contributed by atoms with van der Waals surface area (Å²) in [5.41, 5.74) is 11.0. The number of carbonyl (C=O) groups is 6. The van der Waals surface area contributed by atoms with Gasteiger partial charge in [0, 0.05) is 24.3 Å². The molecule has 10 N–H and O–H groups in total. The van der Waals surface area contributed by atoms with E-state index in [1.165, 1.54) is 0 Å². The van der Waals surface area contributed by atoms with Crippen LogP contribution in [0.1, 0.15) is 25.7 Å². The van der Waals surface area contributed by atoms with Crippen molar-refractivity contribution in [2.75, 3.05) is 11.5 Å². The second kappa shape index (κ2) is 15.3. The molecule has 4 atom stereocenters. The van der Waals surface area contributed by atoms with Crippen LogP contribution in [0.4, 0.5) is 0 Å². The molecule has 0 fully saturated rings. The molecule has 0 aromatic carbocycles. The molecule has 4 unspecified atom stereocenters. The van der Waals surface area contributed by atoms with E-state index in [0.29, 0.717) is 0 Å². The summed E-state index contributed by atoms with van der Waals surface area (Å²) in [6.07, 6.45) is -1.08. The van der Waals surface area contributed by atoms with Gasteiger partial charge in [0.05, 0.1) is 12.1 Å². The normalized spacial score (nSPS) is 14.4. The highest BCUT2D eigenvalue weighted by Gasteiger charge is 2.26. The van der Waals surface area contributed by atoms with Gasteiger partial charge in [0.2, 0.25) is 11.8 Å². The Hall–Kier alpha value is -2.56. The van der Waals surface area contributed by atoms with Crippen LogP contribution in [0, 0.1) is 0 Å². The fourth-order valence-electron chi connectivity index (χ4n) is 1.96. The van der Waals surface area contributed by atoms with Crippen molar-refractivity contribution in [1.82, 2.24) is 10.6 Å². The Morgan fingerprint density at radius 3 is 1.22 bits per heavy atom. The molecule has 0 saturated heterocycles. The van der Waals surface area contributed by atoms with Gasteiger partial charge in [-0.05, 0) is 12.8 Å². The molecule has 0 saturated carbocycles. The van der Waals surface area contributed by atoms with Gasteiger partial charge in [0.25, 0.3) is 0 Å². The van der Waals surface area contributed by atoms with Gasteiger partial charge in [-0.3, -0.25) is 19.2 Å². The molecule has 0 aliphatic rings. The number of carboxylic acid groups (broad SMARTS) is 4. The number of rotatable bonds is 17. The first kappa shape index (κ1) is 29.4. The SMILES string of the molecule is NC(CCC(=O)O)C(=O)NC(CSSCC(NC(=O)C(N)CCC(=O)O)C(=O)O)C(=O)O. The van der Waals surface area contributed by atoms with Crippen LogP contribution in [-0.2, 0) is 28.8 Å². The summed E-state index contributed by atoms with van der Waals surface area (Å²) >= 11 is 0. The molecule has 0 aliphatic carbocycles. The van der Waals surface area contributed by atoms with Crippen LogP contribution in [-0.4, -0.2) is 91.8 Å². The van der Waals surface area contributed by atoms with E-state index in [2.05, 4.69) is 10.6 Å². The molecule has 0 radical (unpaired) electrons. The number of carbonyl (C=O) groups excluding carboxylic acids is 2. The summed E-state index contributed by atoms with van der Waals surface area (Å²) in [4.78, 5) is 67.4. The van der Waals surface area contributed by atoms with Crippen molar-refractivity contribution in [1.29, 1.82) is 0 Å². The molecule has 0 aromatic heterocycles. The topological polar surface area (TPSA) is 259 Å². The van der Waals surface area contributed by atoms with E-state index in [1.54, 1.807) is 0 Å².